The maximum absolute atomic E-state index is 4.86. The molecule has 1 fully saturated rings. The van der Waals surface area contributed by atoms with Crippen molar-refractivity contribution in [2.24, 2.45) is 0 Å². The fourth-order valence-corrected chi connectivity index (χ4v) is 3.82. The fraction of sp³-hybridized carbons (Fsp3) is 0.600. The van der Waals surface area contributed by atoms with E-state index in [2.05, 4.69) is 34.6 Å². The lowest BCUT2D eigenvalue weighted by atomic mass is 10.2. The Morgan fingerprint density at radius 1 is 1.43 bits per heavy atom. The predicted molar refractivity (Wildman–Crippen MR) is 90.2 cm³/mol. The summed E-state index contributed by atoms with van der Waals surface area (Å²) in [6.07, 6.45) is 4.88. The molecule has 0 saturated heterocycles. The van der Waals surface area contributed by atoms with Crippen LogP contribution in [0.5, 0.6) is 0 Å². The Labute approximate surface area is 134 Å². The van der Waals surface area contributed by atoms with Crippen molar-refractivity contribution in [1.29, 1.82) is 0 Å². The number of aryl methyl sites for hydroxylation is 1. The second-order valence-corrected chi connectivity index (χ2v) is 7.39. The number of anilines is 1. The van der Waals surface area contributed by atoms with Crippen LogP contribution in [0, 0.1) is 0 Å². The third-order valence-corrected chi connectivity index (χ3v) is 5.44. The first-order chi connectivity index (χ1) is 10.3. The third kappa shape index (κ3) is 4.02. The topological polar surface area (TPSA) is 41.1 Å². The van der Waals surface area contributed by atoms with Crippen LogP contribution in [-0.4, -0.2) is 23.1 Å². The van der Waals surface area contributed by atoms with Crippen LogP contribution in [0.1, 0.15) is 42.5 Å². The molecule has 4 nitrogen and oxygen atoms in total. The lowest BCUT2D eigenvalue weighted by Crippen LogP contribution is -2.16. The van der Waals surface area contributed by atoms with Gasteiger partial charge in [0.1, 0.15) is 0 Å². The summed E-state index contributed by atoms with van der Waals surface area (Å²) in [5, 5.41) is 6.82. The first-order valence-electron chi connectivity index (χ1n) is 7.56. The van der Waals surface area contributed by atoms with Gasteiger partial charge in [-0.25, -0.2) is 9.97 Å². The van der Waals surface area contributed by atoms with Crippen molar-refractivity contribution in [3.8, 4) is 0 Å². The van der Waals surface area contributed by atoms with Crippen LogP contribution >= 0.6 is 22.7 Å². The smallest absolute Gasteiger partial charge is 0.185 e. The number of nitrogens with one attached hydrogen (secondary N) is 1. The van der Waals surface area contributed by atoms with Crippen molar-refractivity contribution in [3.05, 3.63) is 27.2 Å². The molecule has 0 amide bonds. The van der Waals surface area contributed by atoms with Crippen molar-refractivity contribution in [3.63, 3.8) is 0 Å². The van der Waals surface area contributed by atoms with E-state index >= 15 is 0 Å². The van der Waals surface area contributed by atoms with Gasteiger partial charge in [0.05, 0.1) is 23.4 Å². The predicted octanol–water partition coefficient (Wildman–Crippen LogP) is 3.44. The van der Waals surface area contributed by atoms with Gasteiger partial charge < -0.3 is 10.2 Å². The van der Waals surface area contributed by atoms with Crippen molar-refractivity contribution < 1.29 is 0 Å². The first-order valence-corrected chi connectivity index (χ1v) is 9.32. The standard InChI is InChI=1S/C15H22N4S2/c1-3-4-13-14(7-16-11-5-6-11)21-15(18-13)19(2)8-12-9-20-10-17-12/h9-11,16H,3-8H2,1-2H3. The third-order valence-electron chi connectivity index (χ3n) is 3.59. The highest BCUT2D eigenvalue weighted by molar-refractivity contribution is 7.15. The van der Waals surface area contributed by atoms with Crippen LogP contribution in [0.4, 0.5) is 5.13 Å². The zero-order chi connectivity index (χ0) is 14.7. The van der Waals surface area contributed by atoms with E-state index in [1.807, 2.05) is 16.8 Å². The van der Waals surface area contributed by atoms with Gasteiger partial charge in [0.2, 0.25) is 0 Å². The molecular formula is C15H22N4S2. The average Bonchev–Trinajstić information content (AvgIpc) is 2.99. The van der Waals surface area contributed by atoms with Crippen LogP contribution < -0.4 is 10.2 Å². The number of aromatic nitrogens is 2. The van der Waals surface area contributed by atoms with E-state index in [1.165, 1.54) is 23.4 Å². The van der Waals surface area contributed by atoms with E-state index in [0.29, 0.717) is 0 Å². The largest absolute Gasteiger partial charge is 0.345 e. The molecule has 0 bridgehead atoms. The molecule has 2 heterocycles. The van der Waals surface area contributed by atoms with Crippen LogP contribution in [0.25, 0.3) is 0 Å². The Hall–Kier alpha value is -0.980. The van der Waals surface area contributed by atoms with Crippen molar-refractivity contribution in [2.75, 3.05) is 11.9 Å². The van der Waals surface area contributed by atoms with E-state index in [9.17, 15) is 0 Å². The number of hydrogen-bond acceptors (Lipinski definition) is 6. The Kier molecular flexibility index (Phi) is 4.87. The Morgan fingerprint density at radius 3 is 2.95 bits per heavy atom. The second-order valence-electron chi connectivity index (χ2n) is 5.61. The first kappa shape index (κ1) is 14.9. The Morgan fingerprint density at radius 2 is 2.29 bits per heavy atom. The zero-order valence-electron chi connectivity index (χ0n) is 12.6. The summed E-state index contributed by atoms with van der Waals surface area (Å²) in [4.78, 5) is 12.8. The minimum atomic E-state index is 0.748. The van der Waals surface area contributed by atoms with Crippen molar-refractivity contribution in [1.82, 2.24) is 15.3 Å². The van der Waals surface area contributed by atoms with Gasteiger partial charge in [0.15, 0.2) is 5.13 Å². The SMILES string of the molecule is CCCc1nc(N(C)Cc2cscn2)sc1CNC1CC1. The van der Waals surface area contributed by atoms with E-state index in [-0.39, 0.29) is 0 Å². The molecule has 0 unspecified atom stereocenters. The molecule has 0 aromatic carbocycles. The summed E-state index contributed by atoms with van der Waals surface area (Å²) in [6, 6.07) is 0.748. The number of hydrogen-bond donors (Lipinski definition) is 1. The molecule has 114 valence electrons. The minimum Gasteiger partial charge on any atom is -0.345 e. The van der Waals surface area contributed by atoms with Gasteiger partial charge in [-0.3, -0.25) is 0 Å². The molecule has 2 aromatic heterocycles. The van der Waals surface area contributed by atoms with E-state index in [4.69, 9.17) is 4.98 Å². The van der Waals surface area contributed by atoms with Gasteiger partial charge in [-0.05, 0) is 19.3 Å². The average molecular weight is 323 g/mol. The minimum absolute atomic E-state index is 0.748. The Bertz CT molecular complexity index is 560. The van der Waals surface area contributed by atoms with Crippen LogP contribution in [0.3, 0.4) is 0 Å². The maximum atomic E-state index is 4.86. The molecule has 21 heavy (non-hydrogen) atoms. The van der Waals surface area contributed by atoms with E-state index < -0.39 is 0 Å². The summed E-state index contributed by atoms with van der Waals surface area (Å²) >= 11 is 3.47. The molecule has 0 atom stereocenters. The number of thiazole rings is 2. The molecule has 2 aromatic rings. The fourth-order valence-electron chi connectivity index (χ4n) is 2.25. The summed E-state index contributed by atoms with van der Waals surface area (Å²) < 4.78 is 0. The molecule has 1 aliphatic carbocycles. The summed E-state index contributed by atoms with van der Waals surface area (Å²) in [6.45, 7) is 4.02. The van der Waals surface area contributed by atoms with Crippen molar-refractivity contribution >= 4 is 27.8 Å². The van der Waals surface area contributed by atoms with Gasteiger partial charge in [0, 0.05) is 29.9 Å². The highest BCUT2D eigenvalue weighted by Gasteiger charge is 2.22. The number of rotatable bonds is 8. The van der Waals surface area contributed by atoms with E-state index in [1.54, 1.807) is 11.3 Å². The number of nitrogens with zero attached hydrogens (tertiary/aromatic N) is 3. The highest BCUT2D eigenvalue weighted by Crippen LogP contribution is 2.29. The lowest BCUT2D eigenvalue weighted by molar-refractivity contribution is 0.686. The van der Waals surface area contributed by atoms with Crippen LogP contribution in [0.2, 0.25) is 0 Å². The summed E-state index contributed by atoms with van der Waals surface area (Å²) in [5.41, 5.74) is 4.28. The molecule has 1 saturated carbocycles. The maximum Gasteiger partial charge on any atom is 0.185 e. The normalized spacial score (nSPS) is 14.6. The molecule has 0 aliphatic heterocycles. The van der Waals surface area contributed by atoms with Gasteiger partial charge in [0.25, 0.3) is 0 Å². The molecule has 3 rings (SSSR count). The van der Waals surface area contributed by atoms with Crippen molar-refractivity contribution in [2.45, 2.75) is 51.7 Å². The van der Waals surface area contributed by atoms with E-state index in [0.717, 1.165) is 42.8 Å². The molecule has 0 spiro atoms. The molecule has 1 aliphatic rings. The highest BCUT2D eigenvalue weighted by atomic mass is 32.1. The Balaban J connectivity index is 1.69. The summed E-state index contributed by atoms with van der Waals surface area (Å²) in [7, 11) is 2.10. The molecule has 6 heteroatoms. The van der Waals surface area contributed by atoms with Gasteiger partial charge in [-0.2, -0.15) is 0 Å². The quantitative estimate of drug-likeness (QED) is 0.808. The summed E-state index contributed by atoms with van der Waals surface area (Å²) in [5.74, 6) is 0. The lowest BCUT2D eigenvalue weighted by Gasteiger charge is -2.13. The van der Waals surface area contributed by atoms with Crippen LogP contribution in [-0.2, 0) is 19.5 Å². The molecule has 0 radical (unpaired) electrons. The zero-order valence-corrected chi connectivity index (χ0v) is 14.3. The monoisotopic (exact) mass is 322 g/mol. The van der Waals surface area contributed by atoms with Crippen LogP contribution in [0.15, 0.2) is 10.9 Å². The molecule has 1 N–H and O–H groups in total. The van der Waals surface area contributed by atoms with Gasteiger partial charge >= 0.3 is 0 Å². The molecular weight excluding hydrogens is 300 g/mol. The second kappa shape index (κ2) is 6.85. The van der Waals surface area contributed by atoms with Gasteiger partial charge in [-0.15, -0.1) is 22.7 Å². The van der Waals surface area contributed by atoms with Gasteiger partial charge in [-0.1, -0.05) is 13.3 Å².